The van der Waals surface area contributed by atoms with Crippen molar-refractivity contribution < 1.29 is 15.0 Å². The molecule has 1 aliphatic carbocycles. The third-order valence-electron chi connectivity index (χ3n) is 3.59. The molecule has 0 spiro atoms. The maximum Gasteiger partial charge on any atom is 0.306 e. The minimum absolute atomic E-state index is 0.218. The molecular formula is C14H14N2O3. The van der Waals surface area contributed by atoms with Crippen LogP contribution in [0.1, 0.15) is 17.7 Å². The highest BCUT2D eigenvalue weighted by molar-refractivity contribution is 5.71. The molecule has 2 aromatic rings. The van der Waals surface area contributed by atoms with Gasteiger partial charge in [0.15, 0.2) is 0 Å². The molecule has 5 heteroatoms. The minimum atomic E-state index is -0.733. The van der Waals surface area contributed by atoms with Crippen molar-refractivity contribution in [2.45, 2.75) is 19.3 Å². The molecule has 0 bridgehead atoms. The fourth-order valence-electron chi connectivity index (χ4n) is 2.55. The molecule has 0 aliphatic heterocycles. The molecule has 1 aromatic carbocycles. The Morgan fingerprint density at radius 2 is 2.05 bits per heavy atom. The van der Waals surface area contributed by atoms with Gasteiger partial charge in [-0.05, 0) is 49.1 Å². The first-order valence-electron chi connectivity index (χ1n) is 6.23. The lowest BCUT2D eigenvalue weighted by Crippen LogP contribution is -2.22. The van der Waals surface area contributed by atoms with Gasteiger partial charge in [0.1, 0.15) is 5.75 Å². The highest BCUT2D eigenvalue weighted by Gasteiger charge is 2.27. The van der Waals surface area contributed by atoms with Crippen molar-refractivity contribution in [3.63, 3.8) is 0 Å². The van der Waals surface area contributed by atoms with Crippen molar-refractivity contribution in [2.24, 2.45) is 5.92 Å². The van der Waals surface area contributed by atoms with E-state index in [2.05, 4.69) is 5.10 Å². The second-order valence-electron chi connectivity index (χ2n) is 4.82. The predicted molar refractivity (Wildman–Crippen MR) is 68.4 cm³/mol. The summed E-state index contributed by atoms with van der Waals surface area (Å²) in [6, 6.07) is 6.83. The second kappa shape index (κ2) is 4.42. The summed E-state index contributed by atoms with van der Waals surface area (Å²) in [5.74, 6) is -0.816. The zero-order chi connectivity index (χ0) is 13.4. The predicted octanol–water partition coefficient (Wildman–Crippen LogP) is 1.77. The summed E-state index contributed by atoms with van der Waals surface area (Å²) >= 11 is 0. The quantitative estimate of drug-likeness (QED) is 0.860. The van der Waals surface area contributed by atoms with E-state index in [1.807, 2.05) is 4.68 Å². The second-order valence-corrected chi connectivity index (χ2v) is 4.82. The first-order chi connectivity index (χ1) is 9.15. The average Bonchev–Trinajstić information content (AvgIpc) is 2.82. The van der Waals surface area contributed by atoms with Gasteiger partial charge in [-0.2, -0.15) is 5.10 Å². The van der Waals surface area contributed by atoms with Crippen molar-refractivity contribution in [2.75, 3.05) is 0 Å². The molecule has 0 radical (unpaired) electrons. The number of phenols is 1. The van der Waals surface area contributed by atoms with Gasteiger partial charge in [-0.1, -0.05) is 0 Å². The monoisotopic (exact) mass is 258 g/mol. The van der Waals surface area contributed by atoms with E-state index in [0.29, 0.717) is 19.3 Å². The number of phenolic OH excluding ortho intramolecular Hbond substituents is 1. The van der Waals surface area contributed by atoms with Crippen molar-refractivity contribution in [1.29, 1.82) is 0 Å². The number of carbonyl (C=O) groups is 1. The summed E-state index contributed by atoms with van der Waals surface area (Å²) in [5.41, 5.74) is 2.96. The van der Waals surface area contributed by atoms with Crippen LogP contribution in [0.25, 0.3) is 5.69 Å². The SMILES string of the molecule is O=C(O)C1CCc2c(cnn2-c2ccc(O)cc2)C1. The topological polar surface area (TPSA) is 75.3 Å². The van der Waals surface area contributed by atoms with Crippen molar-refractivity contribution >= 4 is 5.97 Å². The van der Waals surface area contributed by atoms with Crippen LogP contribution in [0.5, 0.6) is 5.75 Å². The van der Waals surface area contributed by atoms with Crippen LogP contribution in [0.4, 0.5) is 0 Å². The molecule has 98 valence electrons. The molecular weight excluding hydrogens is 244 g/mol. The lowest BCUT2D eigenvalue weighted by atomic mass is 9.88. The molecule has 0 saturated carbocycles. The fourth-order valence-corrected chi connectivity index (χ4v) is 2.55. The number of aliphatic carboxylic acids is 1. The normalized spacial score (nSPS) is 18.0. The number of carboxylic acid groups (broad SMARTS) is 1. The number of carboxylic acids is 1. The lowest BCUT2D eigenvalue weighted by molar-refractivity contribution is -0.142. The molecule has 1 aliphatic rings. The lowest BCUT2D eigenvalue weighted by Gasteiger charge is -2.19. The number of aromatic nitrogens is 2. The van der Waals surface area contributed by atoms with E-state index in [4.69, 9.17) is 5.11 Å². The van der Waals surface area contributed by atoms with Gasteiger partial charge in [0, 0.05) is 5.69 Å². The van der Waals surface area contributed by atoms with E-state index >= 15 is 0 Å². The maximum atomic E-state index is 11.0. The van der Waals surface area contributed by atoms with Gasteiger partial charge in [0.25, 0.3) is 0 Å². The van der Waals surface area contributed by atoms with Gasteiger partial charge in [-0.3, -0.25) is 4.79 Å². The smallest absolute Gasteiger partial charge is 0.306 e. The van der Waals surface area contributed by atoms with Crippen LogP contribution in [0.15, 0.2) is 30.5 Å². The number of aromatic hydroxyl groups is 1. The highest BCUT2D eigenvalue weighted by Crippen LogP contribution is 2.27. The van der Waals surface area contributed by atoms with E-state index < -0.39 is 5.97 Å². The van der Waals surface area contributed by atoms with Gasteiger partial charge in [-0.15, -0.1) is 0 Å². The Balaban J connectivity index is 1.95. The van der Waals surface area contributed by atoms with E-state index in [9.17, 15) is 9.90 Å². The Bertz CT molecular complexity index is 616. The molecule has 1 aromatic heterocycles. The highest BCUT2D eigenvalue weighted by atomic mass is 16.4. The zero-order valence-electron chi connectivity index (χ0n) is 10.3. The molecule has 1 unspecified atom stereocenters. The summed E-state index contributed by atoms with van der Waals surface area (Å²) in [6.45, 7) is 0. The van der Waals surface area contributed by atoms with Crippen LogP contribution in [-0.2, 0) is 17.6 Å². The van der Waals surface area contributed by atoms with Gasteiger partial charge in [0.05, 0.1) is 17.8 Å². The maximum absolute atomic E-state index is 11.0. The Morgan fingerprint density at radius 3 is 2.74 bits per heavy atom. The summed E-state index contributed by atoms with van der Waals surface area (Å²) in [4.78, 5) is 11.0. The first-order valence-corrected chi connectivity index (χ1v) is 6.23. The van der Waals surface area contributed by atoms with Crippen LogP contribution in [0.2, 0.25) is 0 Å². The van der Waals surface area contributed by atoms with Crippen molar-refractivity contribution in [1.82, 2.24) is 9.78 Å². The number of hydrogen-bond acceptors (Lipinski definition) is 3. The summed E-state index contributed by atoms with van der Waals surface area (Å²) in [5, 5.41) is 22.7. The number of hydrogen-bond donors (Lipinski definition) is 2. The number of nitrogens with zero attached hydrogens (tertiary/aromatic N) is 2. The summed E-state index contributed by atoms with van der Waals surface area (Å²) in [7, 11) is 0. The molecule has 2 N–H and O–H groups in total. The van der Waals surface area contributed by atoms with Crippen molar-refractivity contribution in [3.8, 4) is 11.4 Å². The molecule has 0 saturated heterocycles. The average molecular weight is 258 g/mol. The van der Waals surface area contributed by atoms with Crippen LogP contribution in [0.3, 0.4) is 0 Å². The Kier molecular flexibility index (Phi) is 2.74. The minimum Gasteiger partial charge on any atom is -0.508 e. The largest absolute Gasteiger partial charge is 0.508 e. The number of fused-ring (bicyclic) bond motifs is 1. The van der Waals surface area contributed by atoms with Crippen LogP contribution in [0, 0.1) is 5.92 Å². The molecule has 1 heterocycles. The number of rotatable bonds is 2. The summed E-state index contributed by atoms with van der Waals surface area (Å²) in [6.07, 6.45) is 3.65. The van der Waals surface area contributed by atoms with Crippen LogP contribution < -0.4 is 0 Å². The van der Waals surface area contributed by atoms with E-state index in [1.165, 1.54) is 0 Å². The third kappa shape index (κ3) is 2.07. The molecule has 19 heavy (non-hydrogen) atoms. The number of benzene rings is 1. The fraction of sp³-hybridized carbons (Fsp3) is 0.286. The van der Waals surface area contributed by atoms with Crippen molar-refractivity contribution in [3.05, 3.63) is 41.7 Å². The van der Waals surface area contributed by atoms with Crippen LogP contribution >= 0.6 is 0 Å². The summed E-state index contributed by atoms with van der Waals surface area (Å²) < 4.78 is 1.83. The van der Waals surface area contributed by atoms with Gasteiger partial charge >= 0.3 is 5.97 Å². The van der Waals surface area contributed by atoms with E-state index in [0.717, 1.165) is 16.9 Å². The van der Waals surface area contributed by atoms with Gasteiger partial charge in [0.2, 0.25) is 0 Å². The first kappa shape index (κ1) is 11.8. The Morgan fingerprint density at radius 1 is 1.32 bits per heavy atom. The van der Waals surface area contributed by atoms with Crippen LogP contribution in [-0.4, -0.2) is 26.0 Å². The Labute approximate surface area is 110 Å². The van der Waals surface area contributed by atoms with E-state index in [1.54, 1.807) is 30.5 Å². The van der Waals surface area contributed by atoms with Gasteiger partial charge in [-0.25, -0.2) is 4.68 Å². The molecule has 3 rings (SSSR count). The third-order valence-corrected chi connectivity index (χ3v) is 3.59. The molecule has 1 atom stereocenters. The van der Waals surface area contributed by atoms with Gasteiger partial charge < -0.3 is 10.2 Å². The molecule has 5 nitrogen and oxygen atoms in total. The Hall–Kier alpha value is -2.30. The standard InChI is InChI=1S/C14H14N2O3/c17-12-4-2-11(3-5-12)16-13-6-1-9(14(18)19)7-10(13)8-15-16/h2-5,8-9,17H,1,6-7H2,(H,18,19). The molecule has 0 fully saturated rings. The molecule has 0 amide bonds. The van der Waals surface area contributed by atoms with E-state index in [-0.39, 0.29) is 11.7 Å². The zero-order valence-corrected chi connectivity index (χ0v) is 10.3.